The molecule has 0 saturated carbocycles. The molecule has 0 aliphatic carbocycles. The highest BCUT2D eigenvalue weighted by Gasteiger charge is 2.20. The van der Waals surface area contributed by atoms with Crippen LogP contribution < -0.4 is 5.32 Å². The fraction of sp³-hybridized carbons (Fsp3) is 0.733. The van der Waals surface area contributed by atoms with Crippen molar-refractivity contribution in [3.63, 3.8) is 0 Å². The van der Waals surface area contributed by atoms with E-state index in [1.807, 2.05) is 11.3 Å². The second-order valence-corrected chi connectivity index (χ2v) is 8.15. The zero-order valence-corrected chi connectivity index (χ0v) is 13.2. The van der Waals surface area contributed by atoms with E-state index in [0.29, 0.717) is 11.5 Å². The van der Waals surface area contributed by atoms with Gasteiger partial charge >= 0.3 is 0 Å². The van der Waals surface area contributed by atoms with Crippen molar-refractivity contribution < 1.29 is 0 Å². The van der Waals surface area contributed by atoms with Crippen molar-refractivity contribution in [3.05, 3.63) is 21.9 Å². The Morgan fingerprint density at radius 1 is 1.12 bits per heavy atom. The van der Waals surface area contributed by atoms with Crippen molar-refractivity contribution >= 4 is 11.3 Å². The number of nitrogens with one attached hydrogen (secondary N) is 1. The van der Waals surface area contributed by atoms with Crippen molar-refractivity contribution in [3.8, 4) is 0 Å². The average molecular weight is 253 g/mol. The summed E-state index contributed by atoms with van der Waals surface area (Å²) >= 11 is 1.93. The highest BCUT2D eigenvalue weighted by atomic mass is 32.1. The molecule has 0 amide bonds. The van der Waals surface area contributed by atoms with E-state index in [-0.39, 0.29) is 5.41 Å². The normalized spacial score (nSPS) is 15.0. The third kappa shape index (κ3) is 4.44. The summed E-state index contributed by atoms with van der Waals surface area (Å²) in [5.74, 6) is 0. The van der Waals surface area contributed by atoms with Crippen LogP contribution in [0.4, 0.5) is 0 Å². The van der Waals surface area contributed by atoms with E-state index in [4.69, 9.17) is 0 Å². The SMILES string of the molecule is CC(NCc1ccc(C(C)(C)C)s1)C(C)(C)C. The van der Waals surface area contributed by atoms with Crippen LogP contribution in [0.5, 0.6) is 0 Å². The number of hydrogen-bond acceptors (Lipinski definition) is 2. The lowest BCUT2D eigenvalue weighted by molar-refractivity contribution is 0.286. The largest absolute Gasteiger partial charge is 0.309 e. The summed E-state index contributed by atoms with van der Waals surface area (Å²) in [4.78, 5) is 2.91. The Bertz CT molecular complexity index is 352. The lowest BCUT2D eigenvalue weighted by Crippen LogP contribution is -2.36. The van der Waals surface area contributed by atoms with Crippen LogP contribution in [-0.4, -0.2) is 6.04 Å². The van der Waals surface area contributed by atoms with Gasteiger partial charge in [-0.25, -0.2) is 0 Å². The van der Waals surface area contributed by atoms with Crippen molar-refractivity contribution in [2.45, 2.75) is 66.5 Å². The molecule has 1 N–H and O–H groups in total. The number of hydrogen-bond donors (Lipinski definition) is 1. The van der Waals surface area contributed by atoms with Gasteiger partial charge in [0.1, 0.15) is 0 Å². The van der Waals surface area contributed by atoms with Gasteiger partial charge in [0.2, 0.25) is 0 Å². The molecule has 17 heavy (non-hydrogen) atoms. The molecule has 1 aromatic heterocycles. The minimum atomic E-state index is 0.276. The lowest BCUT2D eigenvalue weighted by atomic mass is 9.88. The molecule has 0 spiro atoms. The summed E-state index contributed by atoms with van der Waals surface area (Å²) in [6.45, 7) is 16.9. The van der Waals surface area contributed by atoms with Gasteiger partial charge in [-0.3, -0.25) is 0 Å². The first-order chi connectivity index (χ1) is 7.60. The van der Waals surface area contributed by atoms with Crippen LogP contribution in [0.15, 0.2) is 12.1 Å². The molecule has 1 nitrogen and oxygen atoms in total. The van der Waals surface area contributed by atoms with Crippen LogP contribution in [0.25, 0.3) is 0 Å². The molecule has 0 bridgehead atoms. The molecule has 1 aromatic rings. The quantitative estimate of drug-likeness (QED) is 0.832. The molecule has 0 radical (unpaired) electrons. The zero-order chi connectivity index (χ0) is 13.3. The van der Waals surface area contributed by atoms with E-state index in [1.165, 1.54) is 9.75 Å². The first-order valence-corrected chi connectivity index (χ1v) is 7.25. The van der Waals surface area contributed by atoms with E-state index in [9.17, 15) is 0 Å². The topological polar surface area (TPSA) is 12.0 Å². The minimum Gasteiger partial charge on any atom is -0.309 e. The first kappa shape index (κ1) is 14.7. The van der Waals surface area contributed by atoms with Gasteiger partial charge in [-0.2, -0.15) is 0 Å². The molecule has 1 atom stereocenters. The van der Waals surface area contributed by atoms with Gasteiger partial charge in [0, 0.05) is 22.3 Å². The summed E-state index contributed by atoms with van der Waals surface area (Å²) in [7, 11) is 0. The van der Waals surface area contributed by atoms with Gasteiger partial charge in [-0.15, -0.1) is 11.3 Å². The van der Waals surface area contributed by atoms with Gasteiger partial charge in [-0.05, 0) is 29.9 Å². The minimum absolute atomic E-state index is 0.276. The Morgan fingerprint density at radius 3 is 2.12 bits per heavy atom. The molecule has 1 rings (SSSR count). The summed E-state index contributed by atoms with van der Waals surface area (Å²) in [5, 5.41) is 3.61. The second kappa shape index (κ2) is 5.11. The Morgan fingerprint density at radius 2 is 1.71 bits per heavy atom. The van der Waals surface area contributed by atoms with Crippen LogP contribution in [-0.2, 0) is 12.0 Å². The molecule has 0 aliphatic heterocycles. The third-order valence-electron chi connectivity index (χ3n) is 3.28. The summed E-state index contributed by atoms with van der Waals surface area (Å²) in [6.07, 6.45) is 0. The molecule has 1 heterocycles. The van der Waals surface area contributed by atoms with E-state index in [0.717, 1.165) is 6.54 Å². The fourth-order valence-corrected chi connectivity index (χ4v) is 2.45. The molecule has 1 unspecified atom stereocenters. The maximum absolute atomic E-state index is 3.61. The van der Waals surface area contributed by atoms with Crippen LogP contribution in [0.3, 0.4) is 0 Å². The monoisotopic (exact) mass is 253 g/mol. The number of rotatable bonds is 3. The summed E-state index contributed by atoms with van der Waals surface area (Å²) < 4.78 is 0. The Kier molecular flexibility index (Phi) is 4.43. The van der Waals surface area contributed by atoms with Crippen molar-refractivity contribution in [2.24, 2.45) is 5.41 Å². The van der Waals surface area contributed by atoms with Crippen LogP contribution in [0, 0.1) is 5.41 Å². The third-order valence-corrected chi connectivity index (χ3v) is 4.79. The molecule has 0 aliphatic rings. The molecule has 2 heteroatoms. The number of thiophene rings is 1. The highest BCUT2D eigenvalue weighted by molar-refractivity contribution is 7.12. The Hall–Kier alpha value is -0.340. The Balaban J connectivity index is 2.57. The molecule has 0 saturated heterocycles. The standard InChI is InChI=1S/C15H27NS/c1-11(14(2,3)4)16-10-12-8-9-13(17-12)15(5,6)7/h8-9,11,16H,10H2,1-7H3. The fourth-order valence-electron chi connectivity index (χ4n) is 1.44. The molecule has 98 valence electrons. The molecular weight excluding hydrogens is 226 g/mol. The molecular formula is C15H27NS. The van der Waals surface area contributed by atoms with Gasteiger partial charge in [0.25, 0.3) is 0 Å². The maximum Gasteiger partial charge on any atom is 0.0302 e. The van der Waals surface area contributed by atoms with E-state index in [1.54, 1.807) is 0 Å². The van der Waals surface area contributed by atoms with Gasteiger partial charge in [-0.1, -0.05) is 41.5 Å². The van der Waals surface area contributed by atoms with E-state index >= 15 is 0 Å². The van der Waals surface area contributed by atoms with Crippen LogP contribution >= 0.6 is 11.3 Å². The van der Waals surface area contributed by atoms with Gasteiger partial charge in [0.15, 0.2) is 0 Å². The van der Waals surface area contributed by atoms with E-state index in [2.05, 4.69) is 65.9 Å². The predicted molar refractivity (Wildman–Crippen MR) is 78.8 cm³/mol. The lowest BCUT2D eigenvalue weighted by Gasteiger charge is -2.28. The zero-order valence-electron chi connectivity index (χ0n) is 12.3. The second-order valence-electron chi connectivity index (χ2n) is 6.98. The van der Waals surface area contributed by atoms with Crippen molar-refractivity contribution in [1.29, 1.82) is 0 Å². The average Bonchev–Trinajstić information content (AvgIpc) is 2.59. The highest BCUT2D eigenvalue weighted by Crippen LogP contribution is 2.29. The van der Waals surface area contributed by atoms with Gasteiger partial charge < -0.3 is 5.32 Å². The molecule has 0 aromatic carbocycles. The summed E-state index contributed by atoms with van der Waals surface area (Å²) in [5.41, 5.74) is 0.600. The van der Waals surface area contributed by atoms with Crippen LogP contribution in [0.2, 0.25) is 0 Å². The smallest absolute Gasteiger partial charge is 0.0302 e. The van der Waals surface area contributed by atoms with Crippen molar-refractivity contribution in [2.75, 3.05) is 0 Å². The van der Waals surface area contributed by atoms with Gasteiger partial charge in [0.05, 0.1) is 0 Å². The predicted octanol–water partition coefficient (Wildman–Crippen LogP) is 4.57. The van der Waals surface area contributed by atoms with Crippen LogP contribution in [0.1, 0.15) is 58.2 Å². The van der Waals surface area contributed by atoms with E-state index < -0.39 is 0 Å². The molecule has 0 fully saturated rings. The van der Waals surface area contributed by atoms with Crippen molar-refractivity contribution in [1.82, 2.24) is 5.32 Å². The first-order valence-electron chi connectivity index (χ1n) is 6.43. The summed E-state index contributed by atoms with van der Waals surface area (Å²) in [6, 6.07) is 5.06. The Labute approximate surface area is 111 Å². The maximum atomic E-state index is 3.61.